The molecule has 2 aromatic rings. The van der Waals surface area contributed by atoms with Gasteiger partial charge in [-0.1, -0.05) is 17.3 Å². The molecule has 0 aliphatic rings. The van der Waals surface area contributed by atoms with E-state index in [9.17, 15) is 18.4 Å². The van der Waals surface area contributed by atoms with Gasteiger partial charge in [-0.05, 0) is 29.8 Å². The van der Waals surface area contributed by atoms with Gasteiger partial charge in [0.05, 0.1) is 24.6 Å². The maximum absolute atomic E-state index is 13.4. The Labute approximate surface area is 142 Å². The summed E-state index contributed by atoms with van der Waals surface area (Å²) >= 11 is 0. The summed E-state index contributed by atoms with van der Waals surface area (Å²) in [4.78, 5) is 27.7. The first-order chi connectivity index (χ1) is 12.0. The van der Waals surface area contributed by atoms with E-state index in [0.29, 0.717) is 11.1 Å². The predicted molar refractivity (Wildman–Crippen MR) is 86.3 cm³/mol. The first-order valence-corrected chi connectivity index (χ1v) is 7.08. The number of hydrogen-bond donors (Lipinski definition) is 1. The largest absolute Gasteiger partial charge is 0.465 e. The van der Waals surface area contributed by atoms with E-state index in [0.717, 1.165) is 18.2 Å². The van der Waals surface area contributed by atoms with Crippen LogP contribution in [-0.2, 0) is 14.4 Å². The molecule has 0 bridgehead atoms. The second-order valence-electron chi connectivity index (χ2n) is 4.79. The Bertz CT molecular complexity index is 792. The fraction of sp³-hybridized carbons (Fsp3) is 0.118. The fourth-order valence-electron chi connectivity index (χ4n) is 1.80. The lowest BCUT2D eigenvalue weighted by molar-refractivity contribution is -0.120. The zero-order valence-electron chi connectivity index (χ0n) is 13.2. The van der Waals surface area contributed by atoms with Crippen molar-refractivity contribution in [1.82, 2.24) is 0 Å². The molecule has 0 spiro atoms. The first-order valence-electron chi connectivity index (χ1n) is 7.08. The molecule has 0 heterocycles. The van der Waals surface area contributed by atoms with Crippen molar-refractivity contribution in [2.24, 2.45) is 5.16 Å². The number of rotatable bonds is 6. The highest BCUT2D eigenvalue weighted by Crippen LogP contribution is 2.15. The number of methoxy groups -OCH3 is 1. The quantitative estimate of drug-likeness (QED) is 0.495. The standard InChI is InChI=1S/C17H14F2N2O4/c1-24-17(23)12-4-2-11(3-5-12)9-20-25-10-16(22)21-15-8-13(18)6-7-14(15)19/h2-9H,10H2,1H3,(H,21,22)/b20-9-. The van der Waals surface area contributed by atoms with E-state index in [1.807, 2.05) is 0 Å². The number of benzene rings is 2. The van der Waals surface area contributed by atoms with Crippen LogP contribution in [0.1, 0.15) is 15.9 Å². The third-order valence-electron chi connectivity index (χ3n) is 3.01. The molecule has 25 heavy (non-hydrogen) atoms. The molecule has 2 aromatic carbocycles. The SMILES string of the molecule is COC(=O)c1ccc(/C=N\OCC(=O)Nc2cc(F)ccc2F)cc1. The van der Waals surface area contributed by atoms with Crippen molar-refractivity contribution in [3.05, 3.63) is 65.2 Å². The van der Waals surface area contributed by atoms with Crippen LogP contribution in [0.25, 0.3) is 0 Å². The minimum atomic E-state index is -0.760. The Morgan fingerprint density at radius 1 is 1.16 bits per heavy atom. The second-order valence-corrected chi connectivity index (χ2v) is 4.79. The number of nitrogens with zero attached hydrogens (tertiary/aromatic N) is 1. The molecule has 0 unspecified atom stereocenters. The fourth-order valence-corrected chi connectivity index (χ4v) is 1.80. The van der Waals surface area contributed by atoms with Gasteiger partial charge in [0.2, 0.25) is 0 Å². The van der Waals surface area contributed by atoms with Crippen LogP contribution in [0.2, 0.25) is 0 Å². The molecular weight excluding hydrogens is 334 g/mol. The maximum Gasteiger partial charge on any atom is 0.337 e. The topological polar surface area (TPSA) is 77.0 Å². The van der Waals surface area contributed by atoms with E-state index >= 15 is 0 Å². The Morgan fingerprint density at radius 2 is 1.88 bits per heavy atom. The Hall–Kier alpha value is -3.29. The number of hydrogen-bond acceptors (Lipinski definition) is 5. The lowest BCUT2D eigenvalue weighted by atomic mass is 10.1. The number of anilines is 1. The van der Waals surface area contributed by atoms with Gasteiger partial charge in [0.15, 0.2) is 6.61 Å². The lowest BCUT2D eigenvalue weighted by Crippen LogP contribution is -2.18. The molecule has 2 rings (SSSR count). The zero-order valence-corrected chi connectivity index (χ0v) is 13.2. The average molecular weight is 348 g/mol. The number of nitrogens with one attached hydrogen (secondary N) is 1. The number of halogens is 2. The summed E-state index contributed by atoms with van der Waals surface area (Å²) in [6.45, 7) is -0.479. The van der Waals surface area contributed by atoms with Gasteiger partial charge in [-0.15, -0.1) is 0 Å². The van der Waals surface area contributed by atoms with Crippen molar-refractivity contribution < 1.29 is 27.9 Å². The van der Waals surface area contributed by atoms with Gasteiger partial charge < -0.3 is 14.9 Å². The summed E-state index contributed by atoms with van der Waals surface area (Å²) in [6, 6.07) is 9.03. The third kappa shape index (κ3) is 5.38. The van der Waals surface area contributed by atoms with Crippen LogP contribution in [0, 0.1) is 11.6 Å². The summed E-state index contributed by atoms with van der Waals surface area (Å²) in [5, 5.41) is 5.76. The summed E-state index contributed by atoms with van der Waals surface area (Å²) in [5.74, 6) is -2.58. The molecule has 0 radical (unpaired) electrons. The molecule has 130 valence electrons. The lowest BCUT2D eigenvalue weighted by Gasteiger charge is -2.05. The summed E-state index contributed by atoms with van der Waals surface area (Å²) in [7, 11) is 1.28. The van der Waals surface area contributed by atoms with Crippen LogP contribution in [0.3, 0.4) is 0 Å². The highest BCUT2D eigenvalue weighted by molar-refractivity contribution is 5.92. The molecule has 0 aromatic heterocycles. The number of ether oxygens (including phenoxy) is 1. The molecule has 1 amide bonds. The Kier molecular flexibility index (Phi) is 6.16. The molecule has 0 aliphatic carbocycles. The van der Waals surface area contributed by atoms with Crippen LogP contribution in [0.5, 0.6) is 0 Å². The van der Waals surface area contributed by atoms with E-state index in [1.165, 1.54) is 13.3 Å². The zero-order chi connectivity index (χ0) is 18.2. The maximum atomic E-state index is 13.4. The highest BCUT2D eigenvalue weighted by Gasteiger charge is 2.08. The van der Waals surface area contributed by atoms with E-state index in [2.05, 4.69) is 15.2 Å². The molecule has 8 heteroatoms. The summed E-state index contributed by atoms with van der Waals surface area (Å²) < 4.78 is 30.9. The molecule has 6 nitrogen and oxygen atoms in total. The number of esters is 1. The van der Waals surface area contributed by atoms with Gasteiger partial charge in [0, 0.05) is 6.07 Å². The monoisotopic (exact) mass is 348 g/mol. The van der Waals surface area contributed by atoms with Gasteiger partial charge in [-0.3, -0.25) is 4.79 Å². The van der Waals surface area contributed by atoms with Crippen molar-refractivity contribution >= 4 is 23.8 Å². The number of carbonyl (C=O) groups excluding carboxylic acids is 2. The van der Waals surface area contributed by atoms with Gasteiger partial charge in [0.1, 0.15) is 11.6 Å². The Balaban J connectivity index is 1.83. The summed E-state index contributed by atoms with van der Waals surface area (Å²) in [5.41, 5.74) is 0.734. The van der Waals surface area contributed by atoms with E-state index in [-0.39, 0.29) is 5.69 Å². The molecule has 0 atom stereocenters. The van der Waals surface area contributed by atoms with E-state index in [1.54, 1.807) is 24.3 Å². The number of oxime groups is 1. The molecule has 1 N–H and O–H groups in total. The minimum absolute atomic E-state index is 0.282. The Morgan fingerprint density at radius 3 is 2.56 bits per heavy atom. The van der Waals surface area contributed by atoms with Gasteiger partial charge in [0.25, 0.3) is 5.91 Å². The first kappa shape index (κ1) is 18.1. The average Bonchev–Trinajstić information content (AvgIpc) is 2.61. The predicted octanol–water partition coefficient (Wildman–Crippen LogP) is 2.74. The van der Waals surface area contributed by atoms with Gasteiger partial charge >= 0.3 is 5.97 Å². The van der Waals surface area contributed by atoms with Crippen LogP contribution in [0.4, 0.5) is 14.5 Å². The molecule has 0 fully saturated rings. The number of amides is 1. The van der Waals surface area contributed by atoms with E-state index < -0.39 is 30.1 Å². The molecule has 0 saturated carbocycles. The van der Waals surface area contributed by atoms with Crippen LogP contribution < -0.4 is 5.32 Å². The van der Waals surface area contributed by atoms with E-state index in [4.69, 9.17) is 4.84 Å². The van der Waals surface area contributed by atoms with Crippen molar-refractivity contribution in [3.63, 3.8) is 0 Å². The molecule has 0 saturated heterocycles. The normalized spacial score (nSPS) is 10.5. The highest BCUT2D eigenvalue weighted by atomic mass is 19.1. The molecule has 0 aliphatic heterocycles. The smallest absolute Gasteiger partial charge is 0.337 e. The van der Waals surface area contributed by atoms with Crippen molar-refractivity contribution in [1.29, 1.82) is 0 Å². The summed E-state index contributed by atoms with van der Waals surface area (Å²) in [6.07, 6.45) is 1.33. The van der Waals surface area contributed by atoms with Crippen molar-refractivity contribution in [3.8, 4) is 0 Å². The van der Waals surface area contributed by atoms with Crippen LogP contribution >= 0.6 is 0 Å². The number of carbonyl (C=O) groups is 2. The van der Waals surface area contributed by atoms with Gasteiger partial charge in [-0.25, -0.2) is 13.6 Å². The van der Waals surface area contributed by atoms with Gasteiger partial charge in [-0.2, -0.15) is 0 Å². The van der Waals surface area contributed by atoms with Crippen molar-refractivity contribution in [2.75, 3.05) is 19.0 Å². The van der Waals surface area contributed by atoms with Crippen LogP contribution in [0.15, 0.2) is 47.6 Å². The minimum Gasteiger partial charge on any atom is -0.465 e. The van der Waals surface area contributed by atoms with Crippen molar-refractivity contribution in [2.45, 2.75) is 0 Å². The van der Waals surface area contributed by atoms with Crippen LogP contribution in [-0.4, -0.2) is 31.8 Å². The molecular formula is C17H14F2N2O4. The third-order valence-corrected chi connectivity index (χ3v) is 3.01. The second kappa shape index (κ2) is 8.53.